The third-order valence-electron chi connectivity index (χ3n) is 7.21. The molecule has 0 N–H and O–H groups in total. The Balaban J connectivity index is 1.54. The first-order valence-electron chi connectivity index (χ1n) is 12.6. The van der Waals surface area contributed by atoms with E-state index in [1.165, 1.54) is 11.1 Å². The van der Waals surface area contributed by atoms with Gasteiger partial charge in [-0.2, -0.15) is 13.2 Å². The molecule has 3 rings (SSSR count). The maximum Gasteiger partial charge on any atom is 0.389 e. The molecule has 1 aliphatic heterocycles. The fraction of sp³-hybridized carbons (Fsp3) is 0.586. The molecule has 1 atom stereocenters. The topological polar surface area (TPSA) is 18.5 Å². The second-order valence-corrected chi connectivity index (χ2v) is 10.1. The van der Waals surface area contributed by atoms with Gasteiger partial charge >= 0.3 is 6.18 Å². The van der Waals surface area contributed by atoms with Crippen LogP contribution in [0.4, 0.5) is 13.2 Å². The van der Waals surface area contributed by atoms with Crippen LogP contribution < -0.4 is 9.47 Å². The van der Waals surface area contributed by atoms with Crippen LogP contribution in [0.3, 0.4) is 0 Å². The van der Waals surface area contributed by atoms with E-state index >= 15 is 0 Å². The van der Waals surface area contributed by atoms with Crippen molar-refractivity contribution in [1.29, 1.82) is 0 Å². The molecule has 0 fully saturated rings. The number of rotatable bonds is 11. The van der Waals surface area contributed by atoms with Gasteiger partial charge < -0.3 is 9.47 Å². The highest BCUT2D eigenvalue weighted by Gasteiger charge is 2.34. The summed E-state index contributed by atoms with van der Waals surface area (Å²) in [4.78, 5) is 0. The Hall–Kier alpha value is -2.17. The van der Waals surface area contributed by atoms with Crippen molar-refractivity contribution in [3.63, 3.8) is 0 Å². The molecule has 2 aromatic rings. The van der Waals surface area contributed by atoms with E-state index in [-0.39, 0.29) is 12.0 Å². The van der Waals surface area contributed by atoms with E-state index in [4.69, 9.17) is 9.47 Å². The molecule has 2 aromatic carbocycles. The molecule has 0 amide bonds. The van der Waals surface area contributed by atoms with Crippen molar-refractivity contribution >= 4 is 0 Å². The summed E-state index contributed by atoms with van der Waals surface area (Å²) in [5.74, 6) is 1.99. The third kappa shape index (κ3) is 7.16. The van der Waals surface area contributed by atoms with Crippen molar-refractivity contribution < 1.29 is 22.6 Å². The van der Waals surface area contributed by atoms with Gasteiger partial charge in [0, 0.05) is 12.0 Å². The minimum Gasteiger partial charge on any atom is -0.488 e. The maximum absolute atomic E-state index is 12.2. The Morgan fingerprint density at radius 3 is 2.21 bits per heavy atom. The number of hydrogen-bond acceptors (Lipinski definition) is 2. The Kier molecular flexibility index (Phi) is 8.95. The van der Waals surface area contributed by atoms with Crippen molar-refractivity contribution in [3.05, 3.63) is 58.1 Å². The van der Waals surface area contributed by atoms with E-state index in [0.717, 1.165) is 73.1 Å². The number of alkyl halides is 3. The Labute approximate surface area is 202 Å². The van der Waals surface area contributed by atoms with Gasteiger partial charge in [0.15, 0.2) is 0 Å². The third-order valence-corrected chi connectivity index (χ3v) is 7.21. The van der Waals surface area contributed by atoms with Crippen molar-refractivity contribution in [2.45, 2.75) is 110 Å². The lowest BCUT2D eigenvalue weighted by Crippen LogP contribution is -2.37. The highest BCUT2D eigenvalue weighted by Crippen LogP contribution is 2.45. The van der Waals surface area contributed by atoms with Crippen LogP contribution >= 0.6 is 0 Å². The SMILES string of the molecule is Cc1c(C)c2c(c(C)c1OCc1ccccc1)CCC(C)(CCCCCCCCC(F)(F)F)O2. The molecule has 34 heavy (non-hydrogen) atoms. The van der Waals surface area contributed by atoms with Crippen molar-refractivity contribution in [1.82, 2.24) is 0 Å². The maximum atomic E-state index is 12.2. The number of fused-ring (bicyclic) bond motifs is 1. The summed E-state index contributed by atoms with van der Waals surface area (Å²) in [6, 6.07) is 10.2. The standard InChI is InChI=1S/C29H39F3O2/c1-21-22(2)27-25(23(3)26(21)33-20-24-14-10-9-11-15-24)16-19-28(4,34-27)17-12-7-5-6-8-13-18-29(30,31)32/h9-11,14-15H,5-8,12-13,16-20H2,1-4H3. The van der Waals surface area contributed by atoms with Crippen LogP contribution in [0.15, 0.2) is 30.3 Å². The quantitative estimate of drug-likeness (QED) is 0.301. The van der Waals surface area contributed by atoms with Crippen LogP contribution in [0.1, 0.15) is 92.5 Å². The summed E-state index contributed by atoms with van der Waals surface area (Å²) in [5, 5.41) is 0. The van der Waals surface area contributed by atoms with Gasteiger partial charge in [0.1, 0.15) is 23.7 Å². The molecule has 1 aliphatic rings. The molecular weight excluding hydrogens is 437 g/mol. The fourth-order valence-electron chi connectivity index (χ4n) is 4.94. The highest BCUT2D eigenvalue weighted by atomic mass is 19.4. The lowest BCUT2D eigenvalue weighted by molar-refractivity contribution is -0.135. The molecule has 0 radical (unpaired) electrons. The van der Waals surface area contributed by atoms with E-state index in [9.17, 15) is 13.2 Å². The van der Waals surface area contributed by atoms with Gasteiger partial charge in [0.2, 0.25) is 0 Å². The largest absolute Gasteiger partial charge is 0.488 e. The van der Waals surface area contributed by atoms with Gasteiger partial charge in [0.05, 0.1) is 0 Å². The summed E-state index contributed by atoms with van der Waals surface area (Å²) in [7, 11) is 0. The van der Waals surface area contributed by atoms with E-state index in [2.05, 4.69) is 39.8 Å². The van der Waals surface area contributed by atoms with E-state index < -0.39 is 12.6 Å². The smallest absolute Gasteiger partial charge is 0.389 e. The molecule has 1 heterocycles. The Morgan fingerprint density at radius 1 is 0.882 bits per heavy atom. The molecule has 5 heteroatoms. The molecule has 2 nitrogen and oxygen atoms in total. The van der Waals surface area contributed by atoms with Gasteiger partial charge in [-0.15, -0.1) is 0 Å². The lowest BCUT2D eigenvalue weighted by Gasteiger charge is -2.38. The van der Waals surface area contributed by atoms with Gasteiger partial charge in [-0.3, -0.25) is 0 Å². The second-order valence-electron chi connectivity index (χ2n) is 10.1. The zero-order valence-electron chi connectivity index (χ0n) is 21.1. The van der Waals surface area contributed by atoms with E-state index in [1.54, 1.807) is 0 Å². The molecule has 1 unspecified atom stereocenters. The molecule has 0 spiro atoms. The zero-order chi connectivity index (χ0) is 24.8. The van der Waals surface area contributed by atoms with Gasteiger partial charge in [-0.05, 0) is 82.1 Å². The predicted molar refractivity (Wildman–Crippen MR) is 132 cm³/mol. The number of unbranched alkanes of at least 4 members (excludes halogenated alkanes) is 5. The minimum absolute atomic E-state index is 0.195. The zero-order valence-corrected chi connectivity index (χ0v) is 21.1. The average Bonchev–Trinajstić information content (AvgIpc) is 2.79. The summed E-state index contributed by atoms with van der Waals surface area (Å²) in [6.07, 6.45) is 3.08. The summed E-state index contributed by atoms with van der Waals surface area (Å²) in [6.45, 7) is 9.11. The summed E-state index contributed by atoms with van der Waals surface area (Å²) >= 11 is 0. The summed E-state index contributed by atoms with van der Waals surface area (Å²) in [5.41, 5.74) is 5.68. The normalized spacial score (nSPS) is 17.9. The molecular formula is C29H39F3O2. The average molecular weight is 477 g/mol. The molecule has 0 bridgehead atoms. The van der Waals surface area contributed by atoms with Crippen molar-refractivity contribution in [2.24, 2.45) is 0 Å². The Bertz CT molecular complexity index is 937. The first-order valence-corrected chi connectivity index (χ1v) is 12.6. The highest BCUT2D eigenvalue weighted by molar-refractivity contribution is 5.59. The lowest BCUT2D eigenvalue weighted by atomic mass is 9.84. The van der Waals surface area contributed by atoms with Crippen LogP contribution in [-0.4, -0.2) is 11.8 Å². The fourth-order valence-corrected chi connectivity index (χ4v) is 4.94. The predicted octanol–water partition coefficient (Wildman–Crippen LogP) is 8.96. The molecule has 0 aliphatic carbocycles. The van der Waals surface area contributed by atoms with Crippen molar-refractivity contribution in [2.75, 3.05) is 0 Å². The van der Waals surface area contributed by atoms with E-state index in [1.807, 2.05) is 18.2 Å². The number of ether oxygens (including phenoxy) is 2. The molecule has 188 valence electrons. The summed E-state index contributed by atoms with van der Waals surface area (Å²) < 4.78 is 49.6. The van der Waals surface area contributed by atoms with Crippen LogP contribution in [0.5, 0.6) is 11.5 Å². The molecule has 0 saturated carbocycles. The van der Waals surface area contributed by atoms with Gasteiger partial charge in [-0.25, -0.2) is 0 Å². The van der Waals surface area contributed by atoms with Gasteiger partial charge in [-0.1, -0.05) is 56.0 Å². The van der Waals surface area contributed by atoms with Crippen LogP contribution in [0, 0.1) is 20.8 Å². The minimum atomic E-state index is -4.02. The van der Waals surface area contributed by atoms with Crippen LogP contribution in [0.2, 0.25) is 0 Å². The molecule has 0 aromatic heterocycles. The van der Waals surface area contributed by atoms with Gasteiger partial charge in [0.25, 0.3) is 0 Å². The second kappa shape index (κ2) is 11.5. The van der Waals surface area contributed by atoms with Crippen LogP contribution in [0.25, 0.3) is 0 Å². The number of halogens is 3. The van der Waals surface area contributed by atoms with Crippen molar-refractivity contribution in [3.8, 4) is 11.5 Å². The Morgan fingerprint density at radius 2 is 1.53 bits per heavy atom. The van der Waals surface area contributed by atoms with Crippen LogP contribution in [-0.2, 0) is 13.0 Å². The molecule has 0 saturated heterocycles. The monoisotopic (exact) mass is 476 g/mol. The van der Waals surface area contributed by atoms with E-state index in [0.29, 0.717) is 13.0 Å². The first kappa shape index (κ1) is 26.4. The first-order chi connectivity index (χ1) is 16.1. The number of benzene rings is 2. The number of hydrogen-bond donors (Lipinski definition) is 0.